The Bertz CT molecular complexity index is 538. The molecule has 0 bridgehead atoms. The third-order valence-corrected chi connectivity index (χ3v) is 2.79. The SMILES string of the molecule is CCCOc1ccc(-c2cn[nH]c2)cc1N(C)C=O. The number of rotatable bonds is 6. The van der Waals surface area contributed by atoms with Gasteiger partial charge < -0.3 is 9.64 Å². The number of benzene rings is 1. The number of carbonyl (C=O) groups excluding carboxylic acids is 1. The van der Waals surface area contributed by atoms with Crippen molar-refractivity contribution in [3.05, 3.63) is 30.6 Å². The maximum atomic E-state index is 11.0. The van der Waals surface area contributed by atoms with Crippen molar-refractivity contribution in [3.63, 3.8) is 0 Å². The minimum atomic E-state index is 0.630. The van der Waals surface area contributed by atoms with Crippen LogP contribution in [0.25, 0.3) is 11.1 Å². The molecule has 100 valence electrons. The molecule has 0 aliphatic rings. The molecule has 0 atom stereocenters. The summed E-state index contributed by atoms with van der Waals surface area (Å²) >= 11 is 0. The Morgan fingerprint density at radius 1 is 1.42 bits per heavy atom. The number of aromatic nitrogens is 2. The Morgan fingerprint density at radius 2 is 2.26 bits per heavy atom. The Balaban J connectivity index is 2.38. The topological polar surface area (TPSA) is 58.2 Å². The number of carbonyl (C=O) groups is 1. The molecule has 1 aromatic heterocycles. The van der Waals surface area contributed by atoms with Gasteiger partial charge in [0.05, 0.1) is 18.5 Å². The van der Waals surface area contributed by atoms with Crippen LogP contribution in [0.15, 0.2) is 30.6 Å². The van der Waals surface area contributed by atoms with Crippen molar-refractivity contribution in [1.29, 1.82) is 0 Å². The van der Waals surface area contributed by atoms with Crippen molar-refractivity contribution < 1.29 is 9.53 Å². The van der Waals surface area contributed by atoms with E-state index in [0.29, 0.717) is 12.4 Å². The van der Waals surface area contributed by atoms with Crippen LogP contribution in [-0.2, 0) is 4.79 Å². The molecule has 1 amide bonds. The summed E-state index contributed by atoms with van der Waals surface area (Å²) < 4.78 is 5.66. The molecule has 0 saturated carbocycles. The normalized spacial score (nSPS) is 10.2. The van der Waals surface area contributed by atoms with Gasteiger partial charge in [0.2, 0.25) is 6.41 Å². The van der Waals surface area contributed by atoms with Gasteiger partial charge in [0.15, 0.2) is 0 Å². The standard InChI is InChI=1S/C14H17N3O2/c1-3-6-19-14-5-4-11(12-8-15-16-9-12)7-13(14)17(2)10-18/h4-5,7-10H,3,6H2,1-2H3,(H,15,16). The smallest absolute Gasteiger partial charge is 0.213 e. The summed E-state index contributed by atoms with van der Waals surface area (Å²) in [5.41, 5.74) is 2.71. The van der Waals surface area contributed by atoms with Gasteiger partial charge in [-0.15, -0.1) is 0 Å². The van der Waals surface area contributed by atoms with Crippen molar-refractivity contribution in [2.24, 2.45) is 0 Å². The van der Waals surface area contributed by atoms with E-state index in [1.807, 2.05) is 31.3 Å². The average molecular weight is 259 g/mol. The first-order valence-corrected chi connectivity index (χ1v) is 6.20. The average Bonchev–Trinajstić information content (AvgIpc) is 2.98. The first-order chi connectivity index (χ1) is 9.26. The molecule has 0 spiro atoms. The lowest BCUT2D eigenvalue weighted by molar-refractivity contribution is -0.107. The molecular formula is C14H17N3O2. The van der Waals surface area contributed by atoms with E-state index in [0.717, 1.165) is 29.6 Å². The number of amides is 1. The molecule has 0 fully saturated rings. The van der Waals surface area contributed by atoms with Gasteiger partial charge in [0, 0.05) is 18.8 Å². The highest BCUT2D eigenvalue weighted by Crippen LogP contribution is 2.32. The van der Waals surface area contributed by atoms with Gasteiger partial charge in [-0.2, -0.15) is 5.10 Å². The largest absolute Gasteiger partial charge is 0.491 e. The summed E-state index contributed by atoms with van der Waals surface area (Å²) in [6.45, 7) is 2.67. The van der Waals surface area contributed by atoms with Crippen molar-refractivity contribution >= 4 is 12.1 Å². The van der Waals surface area contributed by atoms with Crippen LogP contribution in [0.1, 0.15) is 13.3 Å². The Labute approximate surface area is 112 Å². The van der Waals surface area contributed by atoms with E-state index in [2.05, 4.69) is 10.2 Å². The summed E-state index contributed by atoms with van der Waals surface area (Å²) in [7, 11) is 1.71. The minimum Gasteiger partial charge on any atom is -0.491 e. The van der Waals surface area contributed by atoms with Crippen LogP contribution in [-0.4, -0.2) is 30.3 Å². The number of ether oxygens (including phenoxy) is 1. The summed E-state index contributed by atoms with van der Waals surface area (Å²) in [5, 5.41) is 6.70. The molecule has 19 heavy (non-hydrogen) atoms. The zero-order chi connectivity index (χ0) is 13.7. The second-order valence-electron chi connectivity index (χ2n) is 4.23. The molecule has 5 nitrogen and oxygen atoms in total. The van der Waals surface area contributed by atoms with Gasteiger partial charge in [-0.25, -0.2) is 0 Å². The van der Waals surface area contributed by atoms with Crippen LogP contribution in [0.4, 0.5) is 5.69 Å². The molecule has 1 heterocycles. The molecule has 2 rings (SSSR count). The molecular weight excluding hydrogens is 242 g/mol. The lowest BCUT2D eigenvalue weighted by Gasteiger charge is -2.17. The second kappa shape index (κ2) is 6.04. The molecule has 0 unspecified atom stereocenters. The van der Waals surface area contributed by atoms with Gasteiger partial charge in [0.1, 0.15) is 5.75 Å². The fourth-order valence-corrected chi connectivity index (χ4v) is 1.77. The van der Waals surface area contributed by atoms with Gasteiger partial charge in [-0.1, -0.05) is 13.0 Å². The molecule has 0 saturated heterocycles. The quantitative estimate of drug-likeness (QED) is 0.811. The molecule has 0 radical (unpaired) electrons. The fourth-order valence-electron chi connectivity index (χ4n) is 1.77. The number of nitrogens with zero attached hydrogens (tertiary/aromatic N) is 2. The summed E-state index contributed by atoms with van der Waals surface area (Å²) in [6, 6.07) is 5.76. The Morgan fingerprint density at radius 3 is 2.89 bits per heavy atom. The van der Waals surface area contributed by atoms with Crippen molar-refractivity contribution in [2.75, 3.05) is 18.6 Å². The number of nitrogens with one attached hydrogen (secondary N) is 1. The predicted molar refractivity (Wildman–Crippen MR) is 74.3 cm³/mol. The van der Waals surface area contributed by atoms with E-state index in [9.17, 15) is 4.79 Å². The van der Waals surface area contributed by atoms with Crippen molar-refractivity contribution in [2.45, 2.75) is 13.3 Å². The zero-order valence-electron chi connectivity index (χ0n) is 11.1. The molecule has 5 heteroatoms. The number of H-pyrrole nitrogens is 1. The molecule has 0 aliphatic carbocycles. The highest BCUT2D eigenvalue weighted by atomic mass is 16.5. The highest BCUT2D eigenvalue weighted by molar-refractivity contribution is 5.81. The van der Waals surface area contributed by atoms with Crippen LogP contribution in [0.5, 0.6) is 5.75 Å². The van der Waals surface area contributed by atoms with Crippen LogP contribution in [0.3, 0.4) is 0 Å². The lowest BCUT2D eigenvalue weighted by atomic mass is 10.1. The van der Waals surface area contributed by atoms with Gasteiger partial charge in [-0.05, 0) is 24.1 Å². The van der Waals surface area contributed by atoms with Crippen molar-refractivity contribution in [1.82, 2.24) is 10.2 Å². The molecule has 1 aromatic carbocycles. The molecule has 1 N–H and O–H groups in total. The highest BCUT2D eigenvalue weighted by Gasteiger charge is 2.10. The van der Waals surface area contributed by atoms with Crippen LogP contribution in [0.2, 0.25) is 0 Å². The number of hydrogen-bond acceptors (Lipinski definition) is 3. The monoisotopic (exact) mass is 259 g/mol. The van der Waals surface area contributed by atoms with Gasteiger partial charge >= 0.3 is 0 Å². The third-order valence-electron chi connectivity index (χ3n) is 2.79. The van der Waals surface area contributed by atoms with Gasteiger partial charge in [-0.3, -0.25) is 9.89 Å². The summed E-state index contributed by atoms with van der Waals surface area (Å²) in [5.74, 6) is 0.712. The van der Waals surface area contributed by atoms with Crippen LogP contribution in [0, 0.1) is 0 Å². The lowest BCUT2D eigenvalue weighted by Crippen LogP contribution is -2.15. The first kappa shape index (κ1) is 13.1. The maximum Gasteiger partial charge on any atom is 0.213 e. The van der Waals surface area contributed by atoms with Gasteiger partial charge in [0.25, 0.3) is 0 Å². The third kappa shape index (κ3) is 2.93. The summed E-state index contributed by atoms with van der Waals surface area (Å²) in [4.78, 5) is 12.5. The summed E-state index contributed by atoms with van der Waals surface area (Å²) in [6.07, 6.45) is 5.25. The van der Waals surface area contributed by atoms with E-state index in [-0.39, 0.29) is 0 Å². The minimum absolute atomic E-state index is 0.630. The Hall–Kier alpha value is -2.30. The van der Waals surface area contributed by atoms with E-state index >= 15 is 0 Å². The van der Waals surface area contributed by atoms with Crippen molar-refractivity contribution in [3.8, 4) is 16.9 Å². The number of aromatic amines is 1. The Kier molecular flexibility index (Phi) is 4.18. The molecule has 0 aliphatic heterocycles. The van der Waals surface area contributed by atoms with E-state index in [1.165, 1.54) is 4.90 Å². The van der Waals surface area contributed by atoms with E-state index in [4.69, 9.17) is 4.74 Å². The maximum absolute atomic E-state index is 11.0. The second-order valence-corrected chi connectivity index (χ2v) is 4.23. The molecule has 2 aromatic rings. The fraction of sp³-hybridized carbons (Fsp3) is 0.286. The van der Waals surface area contributed by atoms with Crippen LogP contribution >= 0.6 is 0 Å². The zero-order valence-corrected chi connectivity index (χ0v) is 11.1. The predicted octanol–water partition coefficient (Wildman–Crippen LogP) is 2.46. The number of anilines is 1. The van der Waals surface area contributed by atoms with E-state index in [1.54, 1.807) is 13.2 Å². The van der Waals surface area contributed by atoms with Crippen LogP contribution < -0.4 is 9.64 Å². The number of hydrogen-bond donors (Lipinski definition) is 1. The van der Waals surface area contributed by atoms with E-state index < -0.39 is 0 Å². The first-order valence-electron chi connectivity index (χ1n) is 6.20.